The molecule has 0 aliphatic carbocycles. The van der Waals surface area contributed by atoms with Crippen LogP contribution in [-0.2, 0) is 6.54 Å². The van der Waals surface area contributed by atoms with E-state index in [0.29, 0.717) is 17.7 Å². The highest BCUT2D eigenvalue weighted by Crippen LogP contribution is 2.29. The van der Waals surface area contributed by atoms with Gasteiger partial charge in [-0.2, -0.15) is 0 Å². The van der Waals surface area contributed by atoms with Crippen molar-refractivity contribution in [3.8, 4) is 5.75 Å². The molecule has 1 aromatic heterocycles. The third-order valence-corrected chi connectivity index (χ3v) is 5.37. The van der Waals surface area contributed by atoms with Crippen molar-refractivity contribution >= 4 is 28.3 Å². The molecule has 27 heavy (non-hydrogen) atoms. The predicted octanol–water partition coefficient (Wildman–Crippen LogP) is 3.78. The van der Waals surface area contributed by atoms with Gasteiger partial charge in [-0.25, -0.2) is 4.79 Å². The maximum Gasteiger partial charge on any atom is 0.336 e. The summed E-state index contributed by atoms with van der Waals surface area (Å²) in [6.07, 6.45) is 0. The summed E-state index contributed by atoms with van der Waals surface area (Å²) in [5.74, 6) is 0.157. The Morgan fingerprint density at radius 2 is 1.81 bits per heavy atom. The first-order valence-corrected chi connectivity index (χ1v) is 9.37. The van der Waals surface area contributed by atoms with E-state index in [0.717, 1.165) is 36.6 Å². The number of fused-ring (bicyclic) bond motifs is 1. The molecule has 0 atom stereocenters. The summed E-state index contributed by atoms with van der Waals surface area (Å²) in [5.41, 5.74) is 3.10. The lowest BCUT2D eigenvalue weighted by Crippen LogP contribution is -2.46. The van der Waals surface area contributed by atoms with Gasteiger partial charge >= 0.3 is 5.63 Å². The Balaban J connectivity index is 1.52. The number of anilines is 1. The highest BCUT2D eigenvalue weighted by molar-refractivity contribution is 6.30. The second kappa shape index (κ2) is 7.25. The molecule has 0 unspecified atom stereocenters. The van der Waals surface area contributed by atoms with E-state index in [1.807, 2.05) is 18.2 Å². The third-order valence-electron chi connectivity index (χ3n) is 5.13. The molecular formula is C21H21ClN2O3. The Kier molecular flexibility index (Phi) is 4.81. The van der Waals surface area contributed by atoms with Crippen molar-refractivity contribution in [1.82, 2.24) is 4.90 Å². The van der Waals surface area contributed by atoms with Crippen LogP contribution in [0.3, 0.4) is 0 Å². The zero-order valence-electron chi connectivity index (χ0n) is 15.1. The first-order chi connectivity index (χ1) is 13.0. The number of hydrogen-bond acceptors (Lipinski definition) is 5. The fourth-order valence-electron chi connectivity index (χ4n) is 3.63. The maximum absolute atomic E-state index is 11.6. The second-order valence-electron chi connectivity index (χ2n) is 6.93. The molecule has 6 heteroatoms. The van der Waals surface area contributed by atoms with Crippen LogP contribution in [0.1, 0.15) is 11.1 Å². The van der Waals surface area contributed by atoms with Crippen molar-refractivity contribution in [2.75, 3.05) is 31.1 Å². The van der Waals surface area contributed by atoms with Crippen LogP contribution in [0.25, 0.3) is 11.0 Å². The molecule has 2 heterocycles. The molecule has 4 rings (SSSR count). The number of aryl methyl sites for hydroxylation is 1. The van der Waals surface area contributed by atoms with Crippen molar-refractivity contribution in [1.29, 1.82) is 0 Å². The van der Waals surface area contributed by atoms with Gasteiger partial charge in [0, 0.05) is 54.9 Å². The van der Waals surface area contributed by atoms with Crippen LogP contribution in [-0.4, -0.2) is 36.2 Å². The molecule has 1 fully saturated rings. The number of hydrogen-bond donors (Lipinski definition) is 1. The smallest absolute Gasteiger partial charge is 0.336 e. The highest BCUT2D eigenvalue weighted by atomic mass is 35.5. The maximum atomic E-state index is 11.6. The van der Waals surface area contributed by atoms with E-state index in [9.17, 15) is 9.90 Å². The first kappa shape index (κ1) is 17.9. The summed E-state index contributed by atoms with van der Waals surface area (Å²) in [6.45, 7) is 6.07. The van der Waals surface area contributed by atoms with E-state index in [-0.39, 0.29) is 5.75 Å². The number of halogens is 1. The predicted molar refractivity (Wildman–Crippen MR) is 108 cm³/mol. The molecule has 3 aromatic rings. The number of nitrogens with zero attached hydrogens (tertiary/aromatic N) is 2. The SMILES string of the molecule is Cc1ccc(Cl)cc1N1CCN(Cc2c(O)ccc3ccc(=O)oc23)CC1. The van der Waals surface area contributed by atoms with E-state index in [1.54, 1.807) is 18.2 Å². The van der Waals surface area contributed by atoms with Crippen molar-refractivity contribution in [3.63, 3.8) is 0 Å². The molecule has 1 aliphatic rings. The number of phenolic OH excluding ortho intramolecular Hbond substituents is 1. The van der Waals surface area contributed by atoms with Crippen molar-refractivity contribution in [2.45, 2.75) is 13.5 Å². The fourth-order valence-corrected chi connectivity index (χ4v) is 3.79. The Hall–Kier alpha value is -2.50. The minimum absolute atomic E-state index is 0.157. The monoisotopic (exact) mass is 384 g/mol. The minimum atomic E-state index is -0.407. The third kappa shape index (κ3) is 3.66. The molecule has 1 saturated heterocycles. The van der Waals surface area contributed by atoms with Gasteiger partial charge in [-0.3, -0.25) is 4.90 Å². The van der Waals surface area contributed by atoms with Crippen molar-refractivity contribution in [3.05, 3.63) is 69.0 Å². The number of aromatic hydroxyl groups is 1. The van der Waals surface area contributed by atoms with Crippen molar-refractivity contribution in [2.24, 2.45) is 0 Å². The van der Waals surface area contributed by atoms with Gasteiger partial charge in [-0.05, 0) is 42.8 Å². The van der Waals surface area contributed by atoms with E-state index in [4.69, 9.17) is 16.0 Å². The Morgan fingerprint density at radius 1 is 1.07 bits per heavy atom. The van der Waals surface area contributed by atoms with Crippen LogP contribution in [0.4, 0.5) is 5.69 Å². The summed E-state index contributed by atoms with van der Waals surface area (Å²) in [7, 11) is 0. The van der Waals surface area contributed by atoms with Gasteiger partial charge in [0.2, 0.25) is 0 Å². The largest absolute Gasteiger partial charge is 0.507 e. The van der Waals surface area contributed by atoms with Crippen LogP contribution in [0.2, 0.25) is 5.02 Å². The Morgan fingerprint density at radius 3 is 2.59 bits per heavy atom. The molecule has 0 amide bonds. The molecule has 2 aromatic carbocycles. The molecule has 1 aliphatic heterocycles. The first-order valence-electron chi connectivity index (χ1n) is 8.99. The second-order valence-corrected chi connectivity index (χ2v) is 7.37. The molecule has 1 N–H and O–H groups in total. The van der Waals surface area contributed by atoms with Gasteiger partial charge in [0.1, 0.15) is 11.3 Å². The lowest BCUT2D eigenvalue weighted by atomic mass is 10.1. The van der Waals surface area contributed by atoms with Crippen LogP contribution in [0.15, 0.2) is 51.7 Å². The molecule has 140 valence electrons. The fraction of sp³-hybridized carbons (Fsp3) is 0.286. The molecule has 0 spiro atoms. The number of piperazine rings is 1. The summed E-state index contributed by atoms with van der Waals surface area (Å²) in [4.78, 5) is 16.2. The average Bonchev–Trinajstić information content (AvgIpc) is 2.67. The standard InChI is InChI=1S/C21H21ClN2O3/c1-14-2-5-16(22)12-18(14)24-10-8-23(9-11-24)13-17-19(25)6-3-15-4-7-20(26)27-21(15)17/h2-7,12,25H,8-11,13H2,1H3. The quantitative estimate of drug-likeness (QED) is 0.696. The van der Waals surface area contributed by atoms with Crippen LogP contribution < -0.4 is 10.5 Å². The Labute approximate surface area is 162 Å². The topological polar surface area (TPSA) is 56.9 Å². The zero-order chi connectivity index (χ0) is 19.0. The van der Waals surface area contributed by atoms with Gasteiger partial charge < -0.3 is 14.4 Å². The summed E-state index contributed by atoms with van der Waals surface area (Å²) in [6, 6.07) is 12.5. The van der Waals surface area contributed by atoms with Crippen LogP contribution >= 0.6 is 11.6 Å². The molecule has 5 nitrogen and oxygen atoms in total. The Bertz CT molecular complexity index is 1040. The molecule has 0 radical (unpaired) electrons. The molecular weight excluding hydrogens is 364 g/mol. The van der Waals surface area contributed by atoms with Gasteiger partial charge in [0.15, 0.2) is 0 Å². The zero-order valence-corrected chi connectivity index (χ0v) is 15.9. The van der Waals surface area contributed by atoms with E-state index in [1.165, 1.54) is 17.3 Å². The summed E-state index contributed by atoms with van der Waals surface area (Å²) in [5, 5.41) is 11.9. The van der Waals surface area contributed by atoms with Gasteiger partial charge in [0.25, 0.3) is 0 Å². The molecule has 0 bridgehead atoms. The van der Waals surface area contributed by atoms with E-state index in [2.05, 4.69) is 16.7 Å². The van der Waals surface area contributed by atoms with E-state index >= 15 is 0 Å². The van der Waals surface area contributed by atoms with E-state index < -0.39 is 5.63 Å². The number of phenols is 1. The summed E-state index contributed by atoms with van der Waals surface area (Å²) >= 11 is 6.16. The van der Waals surface area contributed by atoms with Gasteiger partial charge in [-0.15, -0.1) is 0 Å². The van der Waals surface area contributed by atoms with Crippen LogP contribution in [0.5, 0.6) is 5.75 Å². The normalized spacial score (nSPS) is 15.4. The van der Waals surface area contributed by atoms with Crippen LogP contribution in [0, 0.1) is 6.92 Å². The molecule has 0 saturated carbocycles. The average molecular weight is 385 g/mol. The lowest BCUT2D eigenvalue weighted by molar-refractivity contribution is 0.246. The van der Waals surface area contributed by atoms with Gasteiger partial charge in [0.05, 0.1) is 5.56 Å². The number of rotatable bonds is 3. The van der Waals surface area contributed by atoms with Gasteiger partial charge in [-0.1, -0.05) is 17.7 Å². The highest BCUT2D eigenvalue weighted by Gasteiger charge is 2.21. The minimum Gasteiger partial charge on any atom is -0.507 e. The van der Waals surface area contributed by atoms with Crippen molar-refractivity contribution < 1.29 is 9.52 Å². The lowest BCUT2D eigenvalue weighted by Gasteiger charge is -2.37. The summed E-state index contributed by atoms with van der Waals surface area (Å²) < 4.78 is 5.37. The number of benzene rings is 2.